The van der Waals surface area contributed by atoms with Crippen LogP contribution in [0.3, 0.4) is 0 Å². The summed E-state index contributed by atoms with van der Waals surface area (Å²) >= 11 is 0. The number of aryl methyl sites for hydroxylation is 1. The van der Waals surface area contributed by atoms with Crippen LogP contribution in [0, 0.1) is 0 Å². The van der Waals surface area contributed by atoms with Crippen LogP contribution in [0.25, 0.3) is 0 Å². The lowest BCUT2D eigenvalue weighted by molar-refractivity contribution is 0.415. The molecule has 1 heterocycles. The molecule has 0 fully saturated rings. The third kappa shape index (κ3) is 3.16. The molecule has 0 saturated heterocycles. The smallest absolute Gasteiger partial charge is 0.121 e. The molecule has 0 aliphatic heterocycles. The van der Waals surface area contributed by atoms with Gasteiger partial charge in [-0.25, -0.2) is 4.98 Å². The molecule has 4 N–H and O–H groups in total. The van der Waals surface area contributed by atoms with E-state index in [4.69, 9.17) is 10.5 Å². The van der Waals surface area contributed by atoms with Crippen LogP contribution in [-0.4, -0.2) is 23.6 Å². The number of hydrogen-bond donors (Lipinski definition) is 3. The van der Waals surface area contributed by atoms with Crippen molar-refractivity contribution in [1.82, 2.24) is 9.97 Å². The molecule has 0 unspecified atom stereocenters. The van der Waals surface area contributed by atoms with Crippen molar-refractivity contribution in [1.29, 1.82) is 0 Å². The molecule has 5 heteroatoms. The number of hydrogen-bond acceptors (Lipinski definition) is 4. The zero-order chi connectivity index (χ0) is 12.8. The number of methoxy groups -OCH3 is 1. The number of nitrogens with one attached hydrogen (secondary N) is 2. The van der Waals surface area contributed by atoms with E-state index in [1.165, 1.54) is 0 Å². The van der Waals surface area contributed by atoms with Gasteiger partial charge in [-0.3, -0.25) is 0 Å². The average molecular weight is 246 g/mol. The first-order chi connectivity index (χ1) is 8.79. The molecule has 5 nitrogen and oxygen atoms in total. The van der Waals surface area contributed by atoms with Crippen LogP contribution >= 0.6 is 0 Å². The van der Waals surface area contributed by atoms with Gasteiger partial charge in [-0.2, -0.15) is 0 Å². The Morgan fingerprint density at radius 1 is 1.44 bits per heavy atom. The topological polar surface area (TPSA) is 76.0 Å². The highest BCUT2D eigenvalue weighted by Crippen LogP contribution is 2.24. The fourth-order valence-electron chi connectivity index (χ4n) is 1.73. The maximum atomic E-state index is 5.88. The maximum Gasteiger partial charge on any atom is 0.121 e. The number of aromatic amines is 1. The minimum absolute atomic E-state index is 0.730. The van der Waals surface area contributed by atoms with Crippen LogP contribution in [0.2, 0.25) is 0 Å². The number of H-pyrrole nitrogens is 1. The van der Waals surface area contributed by atoms with E-state index >= 15 is 0 Å². The number of rotatable bonds is 6. The van der Waals surface area contributed by atoms with Gasteiger partial charge in [0.05, 0.1) is 18.5 Å². The summed E-state index contributed by atoms with van der Waals surface area (Å²) in [6.07, 6.45) is 5.51. The van der Waals surface area contributed by atoms with Gasteiger partial charge >= 0.3 is 0 Å². The van der Waals surface area contributed by atoms with E-state index < -0.39 is 0 Å². The van der Waals surface area contributed by atoms with Gasteiger partial charge in [0, 0.05) is 31.4 Å². The second kappa shape index (κ2) is 5.95. The Morgan fingerprint density at radius 2 is 2.33 bits per heavy atom. The van der Waals surface area contributed by atoms with Crippen molar-refractivity contribution >= 4 is 11.4 Å². The maximum absolute atomic E-state index is 5.88. The fourth-order valence-corrected chi connectivity index (χ4v) is 1.73. The van der Waals surface area contributed by atoms with E-state index in [1.54, 1.807) is 13.3 Å². The second-order valence-electron chi connectivity index (χ2n) is 4.02. The number of nitrogens with zero attached hydrogens (tertiary/aromatic N) is 1. The number of nitrogen functional groups attached to an aromatic ring is 1. The van der Waals surface area contributed by atoms with Crippen LogP contribution < -0.4 is 15.8 Å². The number of ether oxygens (including phenoxy) is 1. The Morgan fingerprint density at radius 3 is 3.06 bits per heavy atom. The molecule has 0 amide bonds. The van der Waals surface area contributed by atoms with Crippen LogP contribution in [0.1, 0.15) is 12.2 Å². The fraction of sp³-hybridized carbons (Fsp3) is 0.308. The molecule has 0 saturated carbocycles. The quantitative estimate of drug-likeness (QED) is 0.538. The first-order valence-electron chi connectivity index (χ1n) is 5.95. The molecule has 2 aromatic rings. The summed E-state index contributed by atoms with van der Waals surface area (Å²) in [7, 11) is 1.65. The van der Waals surface area contributed by atoms with Gasteiger partial charge in [0.1, 0.15) is 11.6 Å². The molecule has 2 rings (SSSR count). The van der Waals surface area contributed by atoms with Crippen molar-refractivity contribution in [2.24, 2.45) is 0 Å². The summed E-state index contributed by atoms with van der Waals surface area (Å²) in [5.74, 6) is 1.81. The molecule has 0 aliphatic carbocycles. The van der Waals surface area contributed by atoms with Gasteiger partial charge in [-0.15, -0.1) is 0 Å². The lowest BCUT2D eigenvalue weighted by Crippen LogP contribution is -2.06. The largest absolute Gasteiger partial charge is 0.497 e. The van der Waals surface area contributed by atoms with Gasteiger partial charge < -0.3 is 20.8 Å². The Hall–Kier alpha value is -2.17. The number of imidazole rings is 1. The lowest BCUT2D eigenvalue weighted by Gasteiger charge is -2.10. The number of aromatic nitrogens is 2. The summed E-state index contributed by atoms with van der Waals surface area (Å²) in [4.78, 5) is 7.26. The number of nitrogens with two attached hydrogens (primary N) is 1. The van der Waals surface area contributed by atoms with Gasteiger partial charge in [-0.1, -0.05) is 0 Å². The van der Waals surface area contributed by atoms with Crippen LogP contribution in [-0.2, 0) is 6.42 Å². The van der Waals surface area contributed by atoms with E-state index in [2.05, 4.69) is 15.3 Å². The van der Waals surface area contributed by atoms with Gasteiger partial charge in [0.15, 0.2) is 0 Å². The van der Waals surface area contributed by atoms with Crippen LogP contribution in [0.4, 0.5) is 11.4 Å². The highest BCUT2D eigenvalue weighted by molar-refractivity contribution is 5.68. The molecular weight excluding hydrogens is 228 g/mol. The van der Waals surface area contributed by atoms with E-state index in [1.807, 2.05) is 24.4 Å². The third-order valence-electron chi connectivity index (χ3n) is 2.72. The van der Waals surface area contributed by atoms with E-state index in [9.17, 15) is 0 Å². The Balaban J connectivity index is 1.82. The Labute approximate surface area is 106 Å². The zero-order valence-corrected chi connectivity index (χ0v) is 10.4. The summed E-state index contributed by atoms with van der Waals surface area (Å²) < 4.78 is 5.16. The average Bonchev–Trinajstić information content (AvgIpc) is 2.89. The number of anilines is 2. The van der Waals surface area contributed by atoms with Crippen molar-refractivity contribution in [3.63, 3.8) is 0 Å². The molecule has 1 aromatic carbocycles. The highest BCUT2D eigenvalue weighted by atomic mass is 16.5. The van der Waals surface area contributed by atoms with Crippen molar-refractivity contribution in [2.45, 2.75) is 12.8 Å². The Bertz CT molecular complexity index is 482. The normalized spacial score (nSPS) is 10.3. The SMILES string of the molecule is COc1ccc(N)c(NCCCc2ncc[nH]2)c1. The lowest BCUT2D eigenvalue weighted by atomic mass is 10.2. The zero-order valence-electron chi connectivity index (χ0n) is 10.4. The molecule has 0 radical (unpaired) electrons. The first kappa shape index (κ1) is 12.3. The first-order valence-corrected chi connectivity index (χ1v) is 5.95. The minimum Gasteiger partial charge on any atom is -0.497 e. The van der Waals surface area contributed by atoms with Crippen LogP contribution in [0.5, 0.6) is 5.75 Å². The molecule has 18 heavy (non-hydrogen) atoms. The van der Waals surface area contributed by atoms with Gasteiger partial charge in [-0.05, 0) is 18.6 Å². The third-order valence-corrected chi connectivity index (χ3v) is 2.72. The predicted molar refractivity (Wildman–Crippen MR) is 72.8 cm³/mol. The predicted octanol–water partition coefficient (Wildman–Crippen LogP) is 2.05. The summed E-state index contributed by atoms with van der Waals surface area (Å²) in [6, 6.07) is 5.60. The van der Waals surface area contributed by atoms with Crippen molar-refractivity contribution in [2.75, 3.05) is 24.7 Å². The number of benzene rings is 1. The van der Waals surface area contributed by atoms with Crippen molar-refractivity contribution < 1.29 is 4.74 Å². The second-order valence-corrected chi connectivity index (χ2v) is 4.02. The van der Waals surface area contributed by atoms with Gasteiger partial charge in [0.2, 0.25) is 0 Å². The molecule has 0 atom stereocenters. The van der Waals surface area contributed by atoms with Crippen LogP contribution in [0.15, 0.2) is 30.6 Å². The minimum atomic E-state index is 0.730. The van der Waals surface area contributed by atoms with E-state index in [0.29, 0.717) is 0 Å². The molecule has 96 valence electrons. The molecule has 0 aliphatic rings. The van der Waals surface area contributed by atoms with Crippen molar-refractivity contribution in [3.8, 4) is 5.75 Å². The Kier molecular flexibility index (Phi) is 4.06. The molecule has 0 bridgehead atoms. The van der Waals surface area contributed by atoms with Gasteiger partial charge in [0.25, 0.3) is 0 Å². The summed E-state index contributed by atoms with van der Waals surface area (Å²) in [5, 5.41) is 3.30. The van der Waals surface area contributed by atoms with E-state index in [0.717, 1.165) is 42.3 Å². The summed E-state index contributed by atoms with van der Waals surface area (Å²) in [5.41, 5.74) is 7.53. The van der Waals surface area contributed by atoms with E-state index in [-0.39, 0.29) is 0 Å². The standard InChI is InChI=1S/C13H18N4O/c1-18-10-4-5-11(14)12(9-10)15-6-2-3-13-16-7-8-17-13/h4-5,7-9,15H,2-3,6,14H2,1H3,(H,16,17). The molecule has 1 aromatic heterocycles. The molecule has 0 spiro atoms. The molecular formula is C13H18N4O. The monoisotopic (exact) mass is 246 g/mol. The van der Waals surface area contributed by atoms with Crippen molar-refractivity contribution in [3.05, 3.63) is 36.4 Å². The highest BCUT2D eigenvalue weighted by Gasteiger charge is 2.01. The summed E-state index contributed by atoms with van der Waals surface area (Å²) in [6.45, 7) is 0.845.